The van der Waals surface area contributed by atoms with Gasteiger partial charge in [0.05, 0.1) is 17.4 Å². The third kappa shape index (κ3) is 3.59. The highest BCUT2D eigenvalue weighted by Crippen LogP contribution is 2.62. The van der Waals surface area contributed by atoms with Gasteiger partial charge in [0, 0.05) is 28.9 Å². The van der Waals surface area contributed by atoms with Crippen LogP contribution in [0.5, 0.6) is 0 Å². The molecule has 1 saturated carbocycles. The van der Waals surface area contributed by atoms with Crippen LogP contribution >= 0.6 is 0 Å². The maximum atomic E-state index is 13.2. The first-order chi connectivity index (χ1) is 16.0. The summed E-state index contributed by atoms with van der Waals surface area (Å²) in [7, 11) is 0. The number of benzene rings is 1. The van der Waals surface area contributed by atoms with Crippen LogP contribution in [0.3, 0.4) is 0 Å². The second kappa shape index (κ2) is 7.83. The Labute approximate surface area is 193 Å². The van der Waals surface area contributed by atoms with Gasteiger partial charge in [-0.25, -0.2) is 4.99 Å². The number of fused-ring (bicyclic) bond motifs is 3. The number of alkyl halides is 5. The van der Waals surface area contributed by atoms with E-state index in [9.17, 15) is 22.0 Å². The van der Waals surface area contributed by atoms with E-state index in [4.69, 9.17) is 20.5 Å². The quantitative estimate of drug-likeness (QED) is 0.594. The first kappa shape index (κ1) is 22.9. The van der Waals surface area contributed by atoms with Crippen LogP contribution in [-0.2, 0) is 23.0 Å². The first-order valence-corrected chi connectivity index (χ1v) is 11.0. The Balaban J connectivity index is 1.57. The number of aliphatic imine (C=N–C) groups is 2. The van der Waals surface area contributed by atoms with Crippen molar-refractivity contribution < 1.29 is 26.7 Å². The number of aromatic nitrogens is 1. The SMILES string of the molecule is CC1=NC2(N=C1N)c1cc(-c3cncc(C(F)(F)F)c3)ccc1CC21CCC(OC(F)F)CC1. The van der Waals surface area contributed by atoms with Gasteiger partial charge in [-0.2, -0.15) is 22.0 Å². The van der Waals surface area contributed by atoms with E-state index in [1.165, 1.54) is 6.20 Å². The third-order valence-electron chi connectivity index (χ3n) is 7.32. The lowest BCUT2D eigenvalue weighted by Crippen LogP contribution is -2.43. The lowest BCUT2D eigenvalue weighted by molar-refractivity contribution is -0.177. The fourth-order valence-electron chi connectivity index (χ4n) is 5.65. The summed E-state index contributed by atoms with van der Waals surface area (Å²) in [4.78, 5) is 13.5. The number of halogens is 5. The smallest absolute Gasteiger partial charge is 0.382 e. The highest BCUT2D eigenvalue weighted by molar-refractivity contribution is 6.41. The molecule has 2 aromatic rings. The van der Waals surface area contributed by atoms with Crippen molar-refractivity contribution in [1.29, 1.82) is 0 Å². The number of nitrogens with two attached hydrogens (primary N) is 1. The summed E-state index contributed by atoms with van der Waals surface area (Å²) in [6, 6.07) is 6.55. The fraction of sp³-hybridized carbons (Fsp3) is 0.458. The van der Waals surface area contributed by atoms with E-state index >= 15 is 0 Å². The second-order valence-corrected chi connectivity index (χ2v) is 9.25. The highest BCUT2D eigenvalue weighted by atomic mass is 19.4. The Morgan fingerprint density at radius 1 is 1.06 bits per heavy atom. The normalized spacial score (nSPS) is 28.5. The molecule has 5 nitrogen and oxygen atoms in total. The molecule has 1 unspecified atom stereocenters. The Morgan fingerprint density at radius 2 is 1.79 bits per heavy atom. The predicted octanol–water partition coefficient (Wildman–Crippen LogP) is 5.48. The number of amidine groups is 1. The lowest BCUT2D eigenvalue weighted by atomic mass is 9.65. The molecular weight excluding hydrogens is 455 g/mol. The van der Waals surface area contributed by atoms with Crippen molar-refractivity contribution in [3.63, 3.8) is 0 Å². The molecular formula is C24H23F5N4O. The number of rotatable bonds is 3. The maximum absolute atomic E-state index is 13.2. The van der Waals surface area contributed by atoms with Crippen molar-refractivity contribution in [2.75, 3.05) is 0 Å². The van der Waals surface area contributed by atoms with Crippen LogP contribution in [0.4, 0.5) is 22.0 Å². The Hall–Kier alpha value is -2.88. The van der Waals surface area contributed by atoms with Crippen molar-refractivity contribution in [3.8, 4) is 11.1 Å². The minimum absolute atomic E-state index is 0.310. The van der Waals surface area contributed by atoms with E-state index in [0.29, 0.717) is 54.8 Å². The van der Waals surface area contributed by atoms with Crippen LogP contribution in [0.2, 0.25) is 0 Å². The van der Waals surface area contributed by atoms with Crippen LogP contribution in [0.15, 0.2) is 46.6 Å². The summed E-state index contributed by atoms with van der Waals surface area (Å²) in [6.45, 7) is -1.05. The van der Waals surface area contributed by atoms with Crippen LogP contribution in [0.25, 0.3) is 11.1 Å². The molecule has 0 bridgehead atoms. The van der Waals surface area contributed by atoms with E-state index in [1.807, 2.05) is 12.1 Å². The molecule has 0 saturated heterocycles. The molecule has 1 aromatic heterocycles. The molecule has 5 rings (SSSR count). The Bertz CT molecular complexity index is 1160. The van der Waals surface area contributed by atoms with Gasteiger partial charge in [-0.3, -0.25) is 9.98 Å². The third-order valence-corrected chi connectivity index (χ3v) is 7.32. The molecule has 2 N–H and O–H groups in total. The average molecular weight is 478 g/mol. The number of nitrogens with zero attached hydrogens (tertiary/aromatic N) is 3. The average Bonchev–Trinajstić information content (AvgIpc) is 3.22. The van der Waals surface area contributed by atoms with Gasteiger partial charge in [0.1, 0.15) is 5.84 Å². The predicted molar refractivity (Wildman–Crippen MR) is 117 cm³/mol. The second-order valence-electron chi connectivity index (χ2n) is 9.25. The molecule has 10 heteroatoms. The van der Waals surface area contributed by atoms with Crippen LogP contribution < -0.4 is 5.73 Å². The maximum Gasteiger partial charge on any atom is 0.417 e. The van der Waals surface area contributed by atoms with E-state index < -0.39 is 35.5 Å². The monoisotopic (exact) mass is 478 g/mol. The Kier molecular flexibility index (Phi) is 5.27. The molecule has 1 fully saturated rings. The van der Waals surface area contributed by atoms with Gasteiger partial charge >= 0.3 is 12.8 Å². The topological polar surface area (TPSA) is 72.9 Å². The van der Waals surface area contributed by atoms with E-state index in [1.54, 1.807) is 13.0 Å². The zero-order valence-corrected chi connectivity index (χ0v) is 18.4. The van der Waals surface area contributed by atoms with Gasteiger partial charge in [-0.05, 0) is 62.3 Å². The standard InChI is InChI=1S/C24H23F5N4O/c1-13-20(30)33-23(32-13)19-9-14(16-8-17(12-31-11-16)24(27,28)29)2-3-15(19)10-22(23)6-4-18(5-7-22)34-21(25)26/h2-3,8-9,11-12,18,21H,4-7,10H2,1H3,(H2,30,33). The van der Waals surface area contributed by atoms with Crippen LogP contribution in [0, 0.1) is 5.41 Å². The van der Waals surface area contributed by atoms with Gasteiger partial charge in [0.25, 0.3) is 0 Å². The molecule has 0 amide bonds. The molecule has 2 heterocycles. The van der Waals surface area contributed by atoms with Gasteiger partial charge in [-0.15, -0.1) is 0 Å². The first-order valence-electron chi connectivity index (χ1n) is 11.0. The van der Waals surface area contributed by atoms with Crippen molar-refractivity contribution >= 4 is 11.5 Å². The summed E-state index contributed by atoms with van der Waals surface area (Å²) >= 11 is 0. The van der Waals surface area contributed by atoms with Crippen LogP contribution in [0.1, 0.15) is 49.3 Å². The summed E-state index contributed by atoms with van der Waals surface area (Å²) in [5.41, 5.74) is 7.08. The summed E-state index contributed by atoms with van der Waals surface area (Å²) < 4.78 is 69.9. The van der Waals surface area contributed by atoms with Crippen molar-refractivity contribution in [2.45, 2.75) is 63.6 Å². The van der Waals surface area contributed by atoms with E-state index in [-0.39, 0.29) is 0 Å². The molecule has 3 aliphatic rings. The number of ether oxygens (including phenoxy) is 1. The largest absolute Gasteiger partial charge is 0.417 e. The zero-order chi connectivity index (χ0) is 24.3. The minimum atomic E-state index is -4.50. The van der Waals surface area contributed by atoms with Crippen molar-refractivity contribution in [1.82, 2.24) is 4.98 Å². The van der Waals surface area contributed by atoms with Gasteiger partial charge in [0.15, 0.2) is 5.66 Å². The number of hydrogen-bond acceptors (Lipinski definition) is 5. The summed E-state index contributed by atoms with van der Waals surface area (Å²) in [5, 5.41) is 0. The summed E-state index contributed by atoms with van der Waals surface area (Å²) in [6.07, 6.45) is -0.229. The van der Waals surface area contributed by atoms with E-state index in [2.05, 4.69) is 4.98 Å². The van der Waals surface area contributed by atoms with Crippen molar-refractivity contribution in [2.24, 2.45) is 21.1 Å². The molecule has 180 valence electrons. The van der Waals surface area contributed by atoms with Crippen molar-refractivity contribution in [3.05, 3.63) is 53.3 Å². The molecule has 0 radical (unpaired) electrons. The molecule has 34 heavy (non-hydrogen) atoms. The fourth-order valence-corrected chi connectivity index (χ4v) is 5.65. The summed E-state index contributed by atoms with van der Waals surface area (Å²) in [5.74, 6) is 0.310. The van der Waals surface area contributed by atoms with Gasteiger partial charge < -0.3 is 10.5 Å². The number of hydrogen-bond donors (Lipinski definition) is 1. The van der Waals surface area contributed by atoms with Gasteiger partial charge in [0.2, 0.25) is 0 Å². The Morgan fingerprint density at radius 3 is 2.41 bits per heavy atom. The minimum Gasteiger partial charge on any atom is -0.382 e. The molecule has 1 atom stereocenters. The molecule has 1 aromatic carbocycles. The zero-order valence-electron chi connectivity index (χ0n) is 18.4. The number of pyridine rings is 1. The van der Waals surface area contributed by atoms with E-state index in [0.717, 1.165) is 23.4 Å². The molecule has 1 aliphatic heterocycles. The van der Waals surface area contributed by atoms with Gasteiger partial charge in [-0.1, -0.05) is 12.1 Å². The highest BCUT2D eigenvalue weighted by Gasteiger charge is 2.60. The lowest BCUT2D eigenvalue weighted by Gasteiger charge is -2.44. The molecule has 2 aliphatic carbocycles. The van der Waals surface area contributed by atoms with Crippen LogP contribution in [-0.4, -0.2) is 29.2 Å². The molecule has 2 spiro atoms.